The largest absolute Gasteiger partial charge is 0.507 e. The Kier molecular flexibility index (Phi) is 7.03. The number of imidazole rings is 1. The van der Waals surface area contributed by atoms with Gasteiger partial charge in [-0.25, -0.2) is 23.7 Å². The average Bonchev–Trinajstić information content (AvgIpc) is 3.45. The number of hydrogen-bond donors (Lipinski definition) is 1. The Balaban J connectivity index is 1.72. The molecule has 1 fully saturated rings. The predicted octanol–water partition coefficient (Wildman–Crippen LogP) is 5.62. The number of aromatic hydroxyl groups is 1. The van der Waals surface area contributed by atoms with Gasteiger partial charge < -0.3 is 14.9 Å². The van der Waals surface area contributed by atoms with E-state index in [-0.39, 0.29) is 29.1 Å². The van der Waals surface area contributed by atoms with Crippen LogP contribution in [0, 0.1) is 18.6 Å². The zero-order chi connectivity index (χ0) is 30.6. The highest BCUT2D eigenvalue weighted by molar-refractivity contribution is 6.01. The van der Waals surface area contributed by atoms with Gasteiger partial charge in [0.15, 0.2) is 11.6 Å². The van der Waals surface area contributed by atoms with Crippen LogP contribution in [0.3, 0.4) is 0 Å². The zero-order valence-electron chi connectivity index (χ0n) is 24.3. The SMILES string of the molecule is C=CC(=O)N1CCN(c2c3ncnc-3n(-c3c(C)ccnc3C(C)C)c3nc(-c4c(O)cccc4F)c(F)cc23)[C@@H](C)C1. The molecule has 5 heterocycles. The van der Waals surface area contributed by atoms with Gasteiger partial charge in [-0.05, 0) is 55.7 Å². The maximum Gasteiger partial charge on any atom is 0.246 e. The Bertz CT molecular complexity index is 1850. The van der Waals surface area contributed by atoms with Crippen LogP contribution in [-0.2, 0) is 4.79 Å². The summed E-state index contributed by atoms with van der Waals surface area (Å²) in [6.07, 6.45) is 4.48. The number of fused-ring (bicyclic) bond motifs is 2. The molecule has 6 rings (SSSR count). The highest BCUT2D eigenvalue weighted by Gasteiger charge is 2.34. The molecule has 9 nitrogen and oxygen atoms in total. The molecular weight excluding hydrogens is 552 g/mol. The van der Waals surface area contributed by atoms with Crippen LogP contribution in [0.15, 0.2) is 55.5 Å². The van der Waals surface area contributed by atoms with E-state index in [4.69, 9.17) is 4.98 Å². The number of anilines is 1. The molecule has 1 N–H and O–H groups in total. The Hall–Kier alpha value is -4.93. The summed E-state index contributed by atoms with van der Waals surface area (Å²) in [5, 5.41) is 11.0. The van der Waals surface area contributed by atoms with E-state index in [1.807, 2.05) is 38.3 Å². The lowest BCUT2D eigenvalue weighted by atomic mass is 10.0. The van der Waals surface area contributed by atoms with Crippen LogP contribution in [0.1, 0.15) is 37.9 Å². The second-order valence-electron chi connectivity index (χ2n) is 11.1. The second kappa shape index (κ2) is 10.7. The number of halogens is 2. The topological polar surface area (TPSA) is 100 Å². The monoisotopic (exact) mass is 583 g/mol. The van der Waals surface area contributed by atoms with Crippen LogP contribution in [-0.4, -0.2) is 66.1 Å². The number of aromatic nitrogens is 5. The molecule has 1 amide bonds. The van der Waals surface area contributed by atoms with Crippen LogP contribution in [0.5, 0.6) is 5.75 Å². The summed E-state index contributed by atoms with van der Waals surface area (Å²) < 4.78 is 33.0. The number of nitrogens with zero attached hydrogens (tertiary/aromatic N) is 7. The molecule has 3 aliphatic rings. The van der Waals surface area contributed by atoms with Crippen LogP contribution >= 0.6 is 0 Å². The fourth-order valence-electron chi connectivity index (χ4n) is 5.97. The van der Waals surface area contributed by atoms with E-state index in [1.54, 1.807) is 11.1 Å². The standard InChI is InChI=1S/C32H31F2N7O2/c1-6-24(43)39-12-13-40(19(5)15-39)30-20-14-22(34)27(25-21(33)8-7-9-23(25)42)38-31(20)41(32-28(30)36-16-37-32)29-18(4)10-11-35-26(29)17(2)3/h6-11,14,16-17,19,42H,1,12-13,15H2,2-5H3/t19-/m0/s1. The fourth-order valence-corrected chi connectivity index (χ4v) is 5.97. The van der Waals surface area contributed by atoms with Crippen molar-refractivity contribution in [2.75, 3.05) is 24.5 Å². The zero-order valence-corrected chi connectivity index (χ0v) is 24.3. The number of piperazine rings is 1. The molecule has 0 saturated carbocycles. The Morgan fingerprint density at radius 1 is 1.09 bits per heavy atom. The number of carbonyl (C=O) groups is 1. The number of phenolic OH excluding ortho intramolecular Hbond substituents is 1. The van der Waals surface area contributed by atoms with E-state index >= 15 is 8.78 Å². The van der Waals surface area contributed by atoms with Gasteiger partial charge in [-0.1, -0.05) is 26.5 Å². The molecule has 3 aromatic rings. The molecule has 0 radical (unpaired) electrons. The quantitative estimate of drug-likeness (QED) is 0.268. The summed E-state index contributed by atoms with van der Waals surface area (Å²) in [6, 6.07) is 6.82. The number of aryl methyl sites for hydroxylation is 1. The second-order valence-corrected chi connectivity index (χ2v) is 11.1. The Morgan fingerprint density at radius 3 is 2.58 bits per heavy atom. The van der Waals surface area contributed by atoms with Gasteiger partial charge in [0.2, 0.25) is 5.91 Å². The van der Waals surface area contributed by atoms with Gasteiger partial charge in [0.1, 0.15) is 34.9 Å². The lowest BCUT2D eigenvalue weighted by Gasteiger charge is -2.42. The maximum atomic E-state index is 16.1. The van der Waals surface area contributed by atoms with Crippen molar-refractivity contribution in [3.05, 3.63) is 78.4 Å². The molecular formula is C32H31F2N7O2. The summed E-state index contributed by atoms with van der Waals surface area (Å²) in [7, 11) is 0. The molecule has 220 valence electrons. The Labute approximate surface area is 247 Å². The molecule has 1 atom stereocenters. The lowest BCUT2D eigenvalue weighted by Crippen LogP contribution is -2.53. The highest BCUT2D eigenvalue weighted by atomic mass is 19.1. The minimum absolute atomic E-state index is 0.0149. The van der Waals surface area contributed by atoms with Gasteiger partial charge in [-0.15, -0.1) is 0 Å². The first kappa shape index (κ1) is 28.2. The normalized spacial score (nSPS) is 15.6. The molecule has 0 bridgehead atoms. The van der Waals surface area contributed by atoms with Crippen LogP contribution < -0.4 is 4.90 Å². The average molecular weight is 584 g/mol. The molecule has 1 aromatic carbocycles. The van der Waals surface area contributed by atoms with Crippen molar-refractivity contribution in [1.29, 1.82) is 0 Å². The van der Waals surface area contributed by atoms with Crippen molar-refractivity contribution in [1.82, 2.24) is 29.4 Å². The minimum atomic E-state index is -0.806. The van der Waals surface area contributed by atoms with Gasteiger partial charge in [-0.3, -0.25) is 14.3 Å². The lowest BCUT2D eigenvalue weighted by molar-refractivity contribution is -0.126. The summed E-state index contributed by atoms with van der Waals surface area (Å²) >= 11 is 0. The van der Waals surface area contributed by atoms with Crippen molar-refractivity contribution in [3.8, 4) is 34.2 Å². The smallest absolute Gasteiger partial charge is 0.246 e. The Morgan fingerprint density at radius 2 is 1.88 bits per heavy atom. The van der Waals surface area contributed by atoms with E-state index < -0.39 is 17.4 Å². The number of amides is 1. The summed E-state index contributed by atoms with van der Waals surface area (Å²) in [6.45, 7) is 12.9. The summed E-state index contributed by atoms with van der Waals surface area (Å²) in [4.78, 5) is 34.9. The van der Waals surface area contributed by atoms with E-state index in [0.29, 0.717) is 47.9 Å². The molecule has 0 spiro atoms. The summed E-state index contributed by atoms with van der Waals surface area (Å²) in [5.74, 6) is -1.70. The number of rotatable bonds is 5. The van der Waals surface area contributed by atoms with Crippen molar-refractivity contribution in [3.63, 3.8) is 0 Å². The van der Waals surface area contributed by atoms with Crippen molar-refractivity contribution in [2.24, 2.45) is 0 Å². The number of hydrogen-bond acceptors (Lipinski definition) is 7. The van der Waals surface area contributed by atoms with Gasteiger partial charge in [-0.2, -0.15) is 0 Å². The molecule has 0 aliphatic carbocycles. The van der Waals surface area contributed by atoms with E-state index in [1.165, 1.54) is 30.6 Å². The number of phenols is 1. The third-order valence-electron chi connectivity index (χ3n) is 7.99. The highest BCUT2D eigenvalue weighted by Crippen LogP contribution is 2.44. The third kappa shape index (κ3) is 4.55. The molecule has 11 heteroatoms. The first-order chi connectivity index (χ1) is 20.6. The van der Waals surface area contributed by atoms with Crippen LogP contribution in [0.2, 0.25) is 0 Å². The van der Waals surface area contributed by atoms with Gasteiger partial charge in [0, 0.05) is 37.3 Å². The van der Waals surface area contributed by atoms with Crippen molar-refractivity contribution < 1.29 is 18.7 Å². The number of pyridine rings is 3. The third-order valence-corrected chi connectivity index (χ3v) is 7.99. The van der Waals surface area contributed by atoms with E-state index in [0.717, 1.165) is 23.0 Å². The van der Waals surface area contributed by atoms with Crippen molar-refractivity contribution in [2.45, 2.75) is 39.7 Å². The molecule has 3 aliphatic heterocycles. The minimum Gasteiger partial charge on any atom is -0.507 e. The number of carbonyl (C=O) groups excluding carboxylic acids is 1. The first-order valence-electron chi connectivity index (χ1n) is 14.1. The van der Waals surface area contributed by atoms with Crippen LogP contribution in [0.25, 0.3) is 39.5 Å². The van der Waals surface area contributed by atoms with Gasteiger partial charge >= 0.3 is 0 Å². The van der Waals surface area contributed by atoms with E-state index in [2.05, 4.69) is 26.4 Å². The molecule has 2 aromatic heterocycles. The molecule has 1 saturated heterocycles. The molecule has 43 heavy (non-hydrogen) atoms. The van der Waals surface area contributed by atoms with Gasteiger partial charge in [0.25, 0.3) is 0 Å². The predicted molar refractivity (Wildman–Crippen MR) is 161 cm³/mol. The van der Waals surface area contributed by atoms with Crippen LogP contribution in [0.4, 0.5) is 14.5 Å². The van der Waals surface area contributed by atoms with Gasteiger partial charge in [0.05, 0.1) is 22.6 Å². The molecule has 0 unspecified atom stereocenters. The first-order valence-corrected chi connectivity index (χ1v) is 14.1. The number of benzene rings is 1. The van der Waals surface area contributed by atoms with Crippen molar-refractivity contribution >= 4 is 22.6 Å². The van der Waals surface area contributed by atoms with E-state index in [9.17, 15) is 9.90 Å². The summed E-state index contributed by atoms with van der Waals surface area (Å²) in [5.41, 5.74) is 3.16. The maximum absolute atomic E-state index is 16.1. The fraction of sp³-hybridized carbons (Fsp3) is 0.281.